The van der Waals surface area contributed by atoms with E-state index in [0.29, 0.717) is 34.4 Å². The minimum Gasteiger partial charge on any atom is -0.457 e. The number of fused-ring (bicyclic) bond motifs is 1. The monoisotopic (exact) mass is 743 g/mol. The first-order valence-corrected chi connectivity index (χ1v) is 17.9. The summed E-state index contributed by atoms with van der Waals surface area (Å²) in [5, 5.41) is 15.3. The maximum atomic E-state index is 13.4. The molecule has 11 heteroatoms. The van der Waals surface area contributed by atoms with Crippen molar-refractivity contribution >= 4 is 51.7 Å². The van der Waals surface area contributed by atoms with Gasteiger partial charge in [-0.15, -0.1) is 0 Å². The van der Waals surface area contributed by atoms with Gasteiger partial charge in [0.05, 0.1) is 34.9 Å². The smallest absolute Gasteiger partial charge is 0.324 e. The topological polar surface area (TPSA) is 140 Å². The number of urea groups is 1. The number of hydrogen-bond acceptors (Lipinski definition) is 7. The van der Waals surface area contributed by atoms with Gasteiger partial charge in [0.15, 0.2) is 0 Å². The number of aryl methyl sites for hydroxylation is 1. The zero-order chi connectivity index (χ0) is 39.5. The Morgan fingerprint density at radius 2 is 1.45 bits per heavy atom. The molecule has 0 aliphatic rings. The summed E-state index contributed by atoms with van der Waals surface area (Å²) in [6, 6.07) is 42.6. The zero-order valence-corrected chi connectivity index (χ0v) is 31.5. The first-order valence-electron chi connectivity index (χ1n) is 17.9. The van der Waals surface area contributed by atoms with Crippen LogP contribution < -0.4 is 20.7 Å². The second-order valence-corrected chi connectivity index (χ2v) is 13.9. The average molecular weight is 744 g/mol. The van der Waals surface area contributed by atoms with E-state index in [2.05, 4.69) is 46.7 Å². The number of para-hydroxylation sites is 2. The van der Waals surface area contributed by atoms with Crippen molar-refractivity contribution in [2.75, 3.05) is 16.0 Å². The van der Waals surface area contributed by atoms with Gasteiger partial charge in [0.2, 0.25) is 12.0 Å². The van der Waals surface area contributed by atoms with Gasteiger partial charge in [0, 0.05) is 40.2 Å². The van der Waals surface area contributed by atoms with Gasteiger partial charge in [0.1, 0.15) is 17.3 Å². The van der Waals surface area contributed by atoms with Gasteiger partial charge in [-0.3, -0.25) is 15.1 Å². The lowest BCUT2D eigenvalue weighted by molar-refractivity contribution is -0.115. The number of amides is 3. The number of anilines is 3. The summed E-state index contributed by atoms with van der Waals surface area (Å²) in [4.78, 5) is 43.4. The Morgan fingerprint density at radius 1 is 0.768 bits per heavy atom. The number of nitrogens with zero attached hydrogens (tertiary/aromatic N) is 4. The van der Waals surface area contributed by atoms with Gasteiger partial charge in [0.25, 0.3) is 0 Å². The Morgan fingerprint density at radius 3 is 2.14 bits per heavy atom. The largest absolute Gasteiger partial charge is 0.457 e. The molecule has 2 aromatic heterocycles. The van der Waals surface area contributed by atoms with E-state index in [1.54, 1.807) is 35.1 Å². The fourth-order valence-corrected chi connectivity index (χ4v) is 5.65. The first kappa shape index (κ1) is 38.4. The number of hydrogen-bond donors (Lipinski definition) is 3. The van der Waals surface area contributed by atoms with E-state index < -0.39 is 6.03 Å². The number of carbonyl (C=O) groups is 2. The van der Waals surface area contributed by atoms with Crippen molar-refractivity contribution in [2.24, 2.45) is 4.99 Å². The number of ether oxygens (including phenoxy) is 1. The van der Waals surface area contributed by atoms with Gasteiger partial charge >= 0.3 is 6.03 Å². The van der Waals surface area contributed by atoms with Crippen molar-refractivity contribution in [3.8, 4) is 17.2 Å². The van der Waals surface area contributed by atoms with Crippen molar-refractivity contribution in [1.29, 1.82) is 0 Å². The highest BCUT2D eigenvalue weighted by Crippen LogP contribution is 2.35. The highest BCUT2D eigenvalue weighted by atomic mass is 16.5. The van der Waals surface area contributed by atoms with Gasteiger partial charge in [-0.2, -0.15) is 10.1 Å². The summed E-state index contributed by atoms with van der Waals surface area (Å²) >= 11 is 0. The molecule has 3 N–H and O–H groups in total. The minimum absolute atomic E-state index is 0.102. The Hall–Kier alpha value is -7.36. The second-order valence-electron chi connectivity index (χ2n) is 13.9. The molecule has 0 spiro atoms. The van der Waals surface area contributed by atoms with Crippen LogP contribution in [0.2, 0.25) is 0 Å². The lowest BCUT2D eigenvalue weighted by Gasteiger charge is -2.14. The SMILES string of the molecule is Cc1ccc(-n2nc(C(C)(C)C)cc2NC(=O)Nc2ccc(Oc3ccnc(CC(=O)Nc4ccccc4)c3)c3ccccc23)cc1.O=C=Nc1ccccc1. The van der Waals surface area contributed by atoms with Gasteiger partial charge in [-0.1, -0.05) is 99.1 Å². The van der Waals surface area contributed by atoms with E-state index in [-0.39, 0.29) is 17.7 Å². The molecule has 7 rings (SSSR count). The van der Waals surface area contributed by atoms with Crippen molar-refractivity contribution in [3.63, 3.8) is 0 Å². The number of aromatic nitrogens is 3. The molecule has 0 aliphatic carbocycles. The van der Waals surface area contributed by atoms with Crippen LogP contribution in [0.5, 0.6) is 11.5 Å². The van der Waals surface area contributed by atoms with E-state index >= 15 is 0 Å². The lowest BCUT2D eigenvalue weighted by Crippen LogP contribution is -2.21. The number of aliphatic imine (C=N–C) groups is 1. The fraction of sp³-hybridized carbons (Fsp3) is 0.133. The minimum atomic E-state index is -0.398. The number of pyridine rings is 1. The normalized spacial score (nSPS) is 10.7. The summed E-state index contributed by atoms with van der Waals surface area (Å²) in [6.45, 7) is 8.29. The fourth-order valence-electron chi connectivity index (χ4n) is 5.65. The van der Waals surface area contributed by atoms with E-state index in [1.165, 1.54) is 6.08 Å². The molecule has 280 valence electrons. The average Bonchev–Trinajstić information content (AvgIpc) is 3.62. The summed E-state index contributed by atoms with van der Waals surface area (Å²) in [6.07, 6.45) is 3.18. The van der Waals surface area contributed by atoms with E-state index in [4.69, 9.17) is 9.84 Å². The molecule has 0 radical (unpaired) electrons. The number of nitrogens with one attached hydrogen (secondary N) is 3. The van der Waals surface area contributed by atoms with Crippen LogP contribution in [0.1, 0.15) is 37.7 Å². The first-order chi connectivity index (χ1) is 27.1. The number of isocyanates is 1. The molecule has 5 aromatic carbocycles. The molecular formula is C45H41N7O4. The van der Waals surface area contributed by atoms with Crippen molar-refractivity contribution in [3.05, 3.63) is 163 Å². The van der Waals surface area contributed by atoms with Crippen LogP contribution in [0.25, 0.3) is 16.5 Å². The Labute approximate surface area is 325 Å². The Bertz CT molecular complexity index is 2490. The highest BCUT2D eigenvalue weighted by Gasteiger charge is 2.22. The Kier molecular flexibility index (Phi) is 12.1. The van der Waals surface area contributed by atoms with Gasteiger partial charge in [-0.25, -0.2) is 14.3 Å². The van der Waals surface area contributed by atoms with E-state index in [0.717, 1.165) is 33.4 Å². The van der Waals surface area contributed by atoms with Crippen molar-refractivity contribution < 1.29 is 19.1 Å². The van der Waals surface area contributed by atoms with Crippen LogP contribution in [-0.2, 0) is 21.4 Å². The molecule has 0 aliphatic heterocycles. The van der Waals surface area contributed by atoms with E-state index in [1.807, 2.05) is 122 Å². The maximum Gasteiger partial charge on any atom is 0.324 e. The van der Waals surface area contributed by atoms with Crippen molar-refractivity contribution in [1.82, 2.24) is 14.8 Å². The highest BCUT2D eigenvalue weighted by molar-refractivity contribution is 6.07. The number of benzene rings is 5. The number of rotatable bonds is 9. The molecule has 0 saturated heterocycles. The third-order valence-electron chi connectivity index (χ3n) is 8.48. The molecule has 7 aromatic rings. The molecule has 3 amide bonds. The lowest BCUT2D eigenvalue weighted by atomic mass is 9.92. The molecular weight excluding hydrogens is 703 g/mol. The summed E-state index contributed by atoms with van der Waals surface area (Å²) < 4.78 is 8.04. The van der Waals surface area contributed by atoms with Crippen LogP contribution in [0, 0.1) is 6.92 Å². The molecule has 0 atom stereocenters. The second kappa shape index (κ2) is 17.6. The Balaban J connectivity index is 0.000000520. The predicted molar refractivity (Wildman–Crippen MR) is 221 cm³/mol. The van der Waals surface area contributed by atoms with Crippen molar-refractivity contribution in [2.45, 2.75) is 39.5 Å². The molecule has 0 bridgehead atoms. The van der Waals surface area contributed by atoms with Gasteiger partial charge < -0.3 is 15.4 Å². The molecule has 0 unspecified atom stereocenters. The molecule has 0 fully saturated rings. The van der Waals surface area contributed by atoms with E-state index in [9.17, 15) is 14.4 Å². The third-order valence-corrected chi connectivity index (χ3v) is 8.48. The molecule has 11 nitrogen and oxygen atoms in total. The molecule has 0 saturated carbocycles. The van der Waals surface area contributed by atoms with Crippen LogP contribution >= 0.6 is 0 Å². The van der Waals surface area contributed by atoms with Crippen LogP contribution in [0.15, 0.2) is 151 Å². The standard InChI is InChI=1S/C38H36N6O3.C7H5NO/c1-25-14-16-28(17-15-25)44-35(24-34(43-44)38(2,3)4)42-37(46)41-32-18-19-33(31-13-9-8-12-30(31)32)47-29-20-21-39-27(22-29)23-36(45)40-26-10-6-5-7-11-26;9-6-8-7-4-2-1-3-5-7/h5-22,24H,23H2,1-4H3,(H,40,45)(H2,41,42,46);1-5H. The summed E-state index contributed by atoms with van der Waals surface area (Å²) in [5.41, 5.74) is 5.21. The van der Waals surface area contributed by atoms with Crippen LogP contribution in [0.4, 0.5) is 27.7 Å². The molecule has 56 heavy (non-hydrogen) atoms. The zero-order valence-electron chi connectivity index (χ0n) is 31.5. The van der Waals surface area contributed by atoms with Crippen LogP contribution in [0.3, 0.4) is 0 Å². The number of carbonyl (C=O) groups excluding carboxylic acids is 3. The van der Waals surface area contributed by atoms with Gasteiger partial charge in [-0.05, 0) is 61.5 Å². The predicted octanol–water partition coefficient (Wildman–Crippen LogP) is 10.3. The summed E-state index contributed by atoms with van der Waals surface area (Å²) in [7, 11) is 0. The quantitative estimate of drug-likeness (QED) is 0.0993. The maximum absolute atomic E-state index is 13.4. The molecule has 2 heterocycles. The summed E-state index contributed by atoms with van der Waals surface area (Å²) in [5.74, 6) is 1.54. The van der Waals surface area contributed by atoms with Crippen LogP contribution in [-0.4, -0.2) is 32.8 Å². The third kappa shape index (κ3) is 10.2.